The molecule has 1 fully saturated rings. The number of hydrogen-bond donors (Lipinski definition) is 0. The smallest absolute Gasteiger partial charge is 0.271 e. The third kappa shape index (κ3) is 3.01. The molecule has 0 aromatic heterocycles. The summed E-state index contributed by atoms with van der Waals surface area (Å²) >= 11 is 0. The van der Waals surface area contributed by atoms with Gasteiger partial charge in [0.2, 0.25) is 0 Å². The van der Waals surface area contributed by atoms with Gasteiger partial charge in [-0.05, 0) is 25.0 Å². The van der Waals surface area contributed by atoms with Crippen molar-refractivity contribution in [1.29, 1.82) is 0 Å². The van der Waals surface area contributed by atoms with Crippen LogP contribution in [0.1, 0.15) is 12.0 Å². The number of rotatable bonds is 2. The average molecular weight is 204 g/mol. The summed E-state index contributed by atoms with van der Waals surface area (Å²) in [6, 6.07) is 10.5. The molecule has 1 aliphatic rings. The minimum atomic E-state index is 0.463. The van der Waals surface area contributed by atoms with Crippen molar-refractivity contribution >= 4 is 0 Å². The van der Waals surface area contributed by atoms with Gasteiger partial charge in [-0.3, -0.25) is 0 Å². The number of hydrogen-bond acceptors (Lipinski definition) is 2. The predicted molar refractivity (Wildman–Crippen MR) is 59.3 cm³/mol. The maximum atomic E-state index is 5.37. The maximum Gasteiger partial charge on any atom is 0.271 e. The first-order valence-electron chi connectivity index (χ1n) is 5.33. The van der Waals surface area contributed by atoms with E-state index in [1.165, 1.54) is 5.56 Å². The molecular weight excluding hydrogens is 188 g/mol. The Kier molecular flexibility index (Phi) is 3.28. The molecule has 2 rings (SSSR count). The zero-order chi connectivity index (χ0) is 10.5. The third-order valence-electron chi connectivity index (χ3n) is 2.64. The van der Waals surface area contributed by atoms with Crippen molar-refractivity contribution in [1.82, 2.24) is 0 Å². The van der Waals surface area contributed by atoms with Crippen LogP contribution in [0, 0.1) is 5.92 Å². The van der Waals surface area contributed by atoms with Gasteiger partial charge in [-0.25, -0.2) is 0 Å². The van der Waals surface area contributed by atoms with E-state index in [0.717, 1.165) is 19.4 Å². The van der Waals surface area contributed by atoms with Crippen molar-refractivity contribution in [2.45, 2.75) is 12.8 Å². The molecule has 1 heterocycles. The van der Waals surface area contributed by atoms with Crippen molar-refractivity contribution in [2.75, 3.05) is 13.2 Å². The van der Waals surface area contributed by atoms with Gasteiger partial charge in [0, 0.05) is 5.92 Å². The molecule has 1 atom stereocenters. The summed E-state index contributed by atoms with van der Waals surface area (Å²) in [5.74, 6) is 0.997. The molecule has 0 spiro atoms. The molecule has 0 bridgehead atoms. The summed E-state index contributed by atoms with van der Waals surface area (Å²) in [7, 11) is 0. The summed E-state index contributed by atoms with van der Waals surface area (Å²) in [4.78, 5) is 0. The molecule has 0 radical (unpaired) electrons. The number of ether oxygens (including phenoxy) is 2. The first-order valence-corrected chi connectivity index (χ1v) is 5.33. The molecule has 2 heteroatoms. The maximum absolute atomic E-state index is 5.37. The summed E-state index contributed by atoms with van der Waals surface area (Å²) in [6.45, 7) is 5.11. The monoisotopic (exact) mass is 204 g/mol. The van der Waals surface area contributed by atoms with E-state index >= 15 is 0 Å². The van der Waals surface area contributed by atoms with E-state index in [1.807, 2.05) is 6.07 Å². The van der Waals surface area contributed by atoms with E-state index < -0.39 is 0 Å². The summed E-state index contributed by atoms with van der Waals surface area (Å²) in [6.07, 6.45) is 2.09. The molecule has 2 nitrogen and oxygen atoms in total. The van der Waals surface area contributed by atoms with E-state index in [1.54, 1.807) is 0 Å². The Bertz CT molecular complexity index is 319. The number of benzene rings is 1. The van der Waals surface area contributed by atoms with Crippen LogP contribution in [0.4, 0.5) is 0 Å². The highest BCUT2D eigenvalue weighted by Crippen LogP contribution is 2.18. The second-order valence-electron chi connectivity index (χ2n) is 3.88. The fourth-order valence-electron chi connectivity index (χ4n) is 1.78. The van der Waals surface area contributed by atoms with E-state index in [9.17, 15) is 0 Å². The van der Waals surface area contributed by atoms with E-state index in [0.29, 0.717) is 18.5 Å². The van der Waals surface area contributed by atoms with Crippen molar-refractivity contribution in [2.24, 2.45) is 5.92 Å². The summed E-state index contributed by atoms with van der Waals surface area (Å²) < 4.78 is 10.6. The van der Waals surface area contributed by atoms with Crippen molar-refractivity contribution < 1.29 is 9.47 Å². The van der Waals surface area contributed by atoms with Crippen LogP contribution in [0.2, 0.25) is 0 Å². The third-order valence-corrected chi connectivity index (χ3v) is 2.64. The molecular formula is C13H16O2. The molecule has 0 amide bonds. The highest BCUT2D eigenvalue weighted by atomic mass is 16.7. The SMILES string of the molecule is C=C1OCCC(Cc2ccccc2)CO1. The van der Waals surface area contributed by atoms with Crippen LogP contribution >= 0.6 is 0 Å². The Balaban J connectivity index is 1.92. The largest absolute Gasteiger partial charge is 0.466 e. The van der Waals surface area contributed by atoms with Gasteiger partial charge in [-0.1, -0.05) is 30.3 Å². The van der Waals surface area contributed by atoms with E-state index in [-0.39, 0.29) is 0 Å². The fourth-order valence-corrected chi connectivity index (χ4v) is 1.78. The van der Waals surface area contributed by atoms with E-state index in [2.05, 4.69) is 30.8 Å². The molecule has 80 valence electrons. The zero-order valence-electron chi connectivity index (χ0n) is 8.82. The van der Waals surface area contributed by atoms with Crippen molar-refractivity contribution in [3.05, 3.63) is 48.4 Å². The first-order chi connectivity index (χ1) is 7.34. The Morgan fingerprint density at radius 2 is 2.00 bits per heavy atom. The quantitative estimate of drug-likeness (QED) is 0.737. The van der Waals surface area contributed by atoms with Crippen LogP contribution in [-0.2, 0) is 15.9 Å². The highest BCUT2D eigenvalue weighted by Gasteiger charge is 2.15. The normalized spacial score (nSPS) is 21.3. The van der Waals surface area contributed by atoms with Gasteiger partial charge in [-0.15, -0.1) is 0 Å². The van der Waals surface area contributed by atoms with Gasteiger partial charge in [0.05, 0.1) is 13.2 Å². The molecule has 0 saturated carbocycles. The average Bonchev–Trinajstić information content (AvgIpc) is 2.46. The molecule has 0 N–H and O–H groups in total. The van der Waals surface area contributed by atoms with E-state index in [4.69, 9.17) is 9.47 Å². The molecule has 1 aliphatic heterocycles. The predicted octanol–water partition coefficient (Wildman–Crippen LogP) is 2.75. The van der Waals surface area contributed by atoms with Gasteiger partial charge >= 0.3 is 0 Å². The van der Waals surface area contributed by atoms with Gasteiger partial charge in [-0.2, -0.15) is 0 Å². The topological polar surface area (TPSA) is 18.5 Å². The minimum Gasteiger partial charge on any atom is -0.466 e. The minimum absolute atomic E-state index is 0.463. The van der Waals surface area contributed by atoms with Crippen LogP contribution in [0.3, 0.4) is 0 Å². The lowest BCUT2D eigenvalue weighted by Crippen LogP contribution is -2.10. The standard InChI is InChI=1S/C13H16O2/c1-11-14-8-7-13(10-15-11)9-12-5-3-2-4-6-12/h2-6,13H,1,7-10H2. The fraction of sp³-hybridized carbons (Fsp3) is 0.385. The van der Waals surface area contributed by atoms with Gasteiger partial charge < -0.3 is 9.47 Å². The van der Waals surface area contributed by atoms with Crippen LogP contribution in [-0.4, -0.2) is 13.2 Å². The van der Waals surface area contributed by atoms with Crippen LogP contribution in [0.15, 0.2) is 42.9 Å². The highest BCUT2D eigenvalue weighted by molar-refractivity contribution is 5.15. The molecule has 1 saturated heterocycles. The molecule has 15 heavy (non-hydrogen) atoms. The Morgan fingerprint density at radius 1 is 1.20 bits per heavy atom. The van der Waals surface area contributed by atoms with Crippen LogP contribution < -0.4 is 0 Å². The summed E-state index contributed by atoms with van der Waals surface area (Å²) in [5.41, 5.74) is 1.36. The Labute approximate surface area is 90.5 Å². The van der Waals surface area contributed by atoms with Crippen LogP contribution in [0.5, 0.6) is 0 Å². The zero-order valence-corrected chi connectivity index (χ0v) is 8.82. The Hall–Kier alpha value is -1.44. The lowest BCUT2D eigenvalue weighted by molar-refractivity contribution is 0.0591. The lowest BCUT2D eigenvalue weighted by atomic mass is 9.97. The molecule has 0 aliphatic carbocycles. The molecule has 1 aromatic rings. The van der Waals surface area contributed by atoms with Crippen LogP contribution in [0.25, 0.3) is 0 Å². The Morgan fingerprint density at radius 3 is 2.80 bits per heavy atom. The molecule has 1 aromatic carbocycles. The van der Waals surface area contributed by atoms with Crippen molar-refractivity contribution in [3.8, 4) is 0 Å². The summed E-state index contributed by atoms with van der Waals surface area (Å²) in [5, 5.41) is 0. The van der Waals surface area contributed by atoms with Gasteiger partial charge in [0.25, 0.3) is 5.95 Å². The molecule has 1 unspecified atom stereocenters. The lowest BCUT2D eigenvalue weighted by Gasteiger charge is -2.12. The van der Waals surface area contributed by atoms with Gasteiger partial charge in [0.15, 0.2) is 0 Å². The first kappa shape index (κ1) is 10.1. The van der Waals surface area contributed by atoms with Crippen molar-refractivity contribution in [3.63, 3.8) is 0 Å². The van der Waals surface area contributed by atoms with Gasteiger partial charge in [0.1, 0.15) is 0 Å². The second-order valence-corrected chi connectivity index (χ2v) is 3.88. The second kappa shape index (κ2) is 4.87.